The van der Waals surface area contributed by atoms with Gasteiger partial charge < -0.3 is 14.8 Å². The molecule has 1 aliphatic rings. The van der Waals surface area contributed by atoms with Crippen LogP contribution in [-0.4, -0.2) is 40.4 Å². The Morgan fingerprint density at radius 3 is 2.78 bits per heavy atom. The summed E-state index contributed by atoms with van der Waals surface area (Å²) in [5.41, 5.74) is 0.781. The molecule has 0 radical (unpaired) electrons. The van der Waals surface area contributed by atoms with Crippen LogP contribution in [0.15, 0.2) is 37.1 Å². The second-order valence-electron chi connectivity index (χ2n) is 5.48. The molecule has 0 spiro atoms. The van der Waals surface area contributed by atoms with Gasteiger partial charge in [0.15, 0.2) is 0 Å². The van der Waals surface area contributed by atoms with Crippen LogP contribution in [0.2, 0.25) is 10.0 Å². The second kappa shape index (κ2) is 6.26. The fourth-order valence-electron chi connectivity index (χ4n) is 2.70. The van der Waals surface area contributed by atoms with Crippen molar-refractivity contribution in [2.24, 2.45) is 0 Å². The van der Waals surface area contributed by atoms with Crippen LogP contribution in [0.5, 0.6) is 0 Å². The number of halogens is 2. The first-order valence-electron chi connectivity index (χ1n) is 7.12. The van der Waals surface area contributed by atoms with E-state index in [1.165, 1.54) is 6.08 Å². The molecule has 2 amide bonds. The molecule has 0 saturated carbocycles. The van der Waals surface area contributed by atoms with Gasteiger partial charge in [0, 0.05) is 29.7 Å². The smallest absolute Gasteiger partial charge is 0.246 e. The van der Waals surface area contributed by atoms with E-state index in [4.69, 9.17) is 23.2 Å². The van der Waals surface area contributed by atoms with Crippen LogP contribution >= 0.6 is 23.2 Å². The van der Waals surface area contributed by atoms with Gasteiger partial charge in [-0.3, -0.25) is 9.59 Å². The Morgan fingerprint density at radius 2 is 2.09 bits per heavy atom. The highest BCUT2D eigenvalue weighted by molar-refractivity contribution is 6.38. The topological polar surface area (TPSA) is 54.3 Å². The first-order valence-corrected chi connectivity index (χ1v) is 7.88. The van der Waals surface area contributed by atoms with Gasteiger partial charge in [0.25, 0.3) is 0 Å². The zero-order valence-corrected chi connectivity index (χ0v) is 13.8. The average molecular weight is 352 g/mol. The predicted octanol–water partition coefficient (Wildman–Crippen LogP) is 2.46. The molecule has 5 nitrogen and oxygen atoms in total. The zero-order chi connectivity index (χ0) is 16.6. The molecular formula is C16H15Cl2N3O2. The summed E-state index contributed by atoms with van der Waals surface area (Å²) in [7, 11) is 0. The van der Waals surface area contributed by atoms with E-state index in [0.717, 1.165) is 10.9 Å². The van der Waals surface area contributed by atoms with E-state index < -0.39 is 0 Å². The number of rotatable bonds is 4. The molecule has 1 aromatic heterocycles. The SMILES string of the molecule is C=CC(=O)N1CC(NC(=O)Cn2ccc3cc(Cl)cc(Cl)c32)C1. The van der Waals surface area contributed by atoms with Gasteiger partial charge >= 0.3 is 0 Å². The Bertz CT molecular complexity index is 794. The first-order chi connectivity index (χ1) is 11.0. The third-order valence-electron chi connectivity index (χ3n) is 3.83. The highest BCUT2D eigenvalue weighted by atomic mass is 35.5. The monoisotopic (exact) mass is 351 g/mol. The normalized spacial score (nSPS) is 14.6. The number of hydrogen-bond acceptors (Lipinski definition) is 2. The van der Waals surface area contributed by atoms with Crippen molar-refractivity contribution >= 4 is 45.9 Å². The van der Waals surface area contributed by atoms with Crippen LogP contribution in [-0.2, 0) is 16.1 Å². The minimum Gasteiger partial charge on any atom is -0.348 e. The van der Waals surface area contributed by atoms with E-state index in [9.17, 15) is 9.59 Å². The van der Waals surface area contributed by atoms with Crippen molar-refractivity contribution in [3.05, 3.63) is 47.1 Å². The second-order valence-corrected chi connectivity index (χ2v) is 6.32. The molecule has 1 aliphatic heterocycles. The van der Waals surface area contributed by atoms with Gasteiger partial charge in [0.05, 0.1) is 16.6 Å². The van der Waals surface area contributed by atoms with E-state index in [0.29, 0.717) is 23.1 Å². The highest BCUT2D eigenvalue weighted by Gasteiger charge is 2.30. The van der Waals surface area contributed by atoms with E-state index >= 15 is 0 Å². The van der Waals surface area contributed by atoms with Gasteiger partial charge in [0.1, 0.15) is 6.54 Å². The first kappa shape index (κ1) is 15.9. The van der Waals surface area contributed by atoms with Crippen molar-refractivity contribution in [1.29, 1.82) is 0 Å². The molecule has 2 heterocycles. The summed E-state index contributed by atoms with van der Waals surface area (Å²) in [5, 5.41) is 4.86. The van der Waals surface area contributed by atoms with E-state index in [1.807, 2.05) is 12.1 Å². The molecule has 1 saturated heterocycles. The van der Waals surface area contributed by atoms with Crippen molar-refractivity contribution in [3.63, 3.8) is 0 Å². The number of nitrogens with zero attached hydrogens (tertiary/aromatic N) is 2. The maximum absolute atomic E-state index is 12.2. The Hall–Kier alpha value is -1.98. The summed E-state index contributed by atoms with van der Waals surface area (Å²) < 4.78 is 1.79. The van der Waals surface area contributed by atoms with Gasteiger partial charge in [-0.15, -0.1) is 0 Å². The van der Waals surface area contributed by atoms with Crippen molar-refractivity contribution in [3.8, 4) is 0 Å². The Morgan fingerprint density at radius 1 is 1.35 bits per heavy atom. The molecular weight excluding hydrogens is 337 g/mol. The van der Waals surface area contributed by atoms with Gasteiger partial charge in [-0.1, -0.05) is 29.8 Å². The molecule has 0 atom stereocenters. The van der Waals surface area contributed by atoms with E-state index in [1.54, 1.807) is 21.7 Å². The van der Waals surface area contributed by atoms with Crippen LogP contribution in [0.3, 0.4) is 0 Å². The number of carbonyl (C=O) groups excluding carboxylic acids is 2. The molecule has 120 valence electrons. The van der Waals surface area contributed by atoms with Gasteiger partial charge in [-0.05, 0) is 24.3 Å². The lowest BCUT2D eigenvalue weighted by Gasteiger charge is -2.38. The summed E-state index contributed by atoms with van der Waals surface area (Å²) in [4.78, 5) is 25.1. The Balaban J connectivity index is 1.63. The standard InChI is InChI=1S/C16H15Cl2N3O2/c1-2-15(23)21-7-12(8-21)19-14(22)9-20-4-3-10-5-11(17)6-13(18)16(10)20/h2-6,12H,1,7-9H2,(H,19,22). The minimum atomic E-state index is -0.121. The number of likely N-dealkylation sites (tertiary alicyclic amines) is 1. The molecule has 2 aromatic rings. The van der Waals surface area contributed by atoms with Gasteiger partial charge in [-0.2, -0.15) is 0 Å². The summed E-state index contributed by atoms with van der Waals surface area (Å²) in [6, 6.07) is 5.32. The number of nitrogens with one attached hydrogen (secondary N) is 1. The molecule has 0 bridgehead atoms. The number of aromatic nitrogens is 1. The zero-order valence-electron chi connectivity index (χ0n) is 12.3. The largest absolute Gasteiger partial charge is 0.348 e. The van der Waals surface area contributed by atoms with Crippen molar-refractivity contribution in [1.82, 2.24) is 14.8 Å². The fourth-order valence-corrected chi connectivity index (χ4v) is 3.32. The highest BCUT2D eigenvalue weighted by Crippen LogP contribution is 2.28. The van der Waals surface area contributed by atoms with Crippen LogP contribution < -0.4 is 5.32 Å². The molecule has 23 heavy (non-hydrogen) atoms. The minimum absolute atomic E-state index is 0.0156. The lowest BCUT2D eigenvalue weighted by Crippen LogP contribution is -2.61. The number of hydrogen-bond donors (Lipinski definition) is 1. The van der Waals surface area contributed by atoms with Crippen LogP contribution in [0.1, 0.15) is 0 Å². The lowest BCUT2D eigenvalue weighted by molar-refractivity contribution is -0.133. The molecule has 0 aliphatic carbocycles. The number of benzene rings is 1. The van der Waals surface area contributed by atoms with Crippen molar-refractivity contribution in [2.75, 3.05) is 13.1 Å². The lowest BCUT2D eigenvalue weighted by atomic mass is 10.1. The third-order valence-corrected chi connectivity index (χ3v) is 4.33. The quantitative estimate of drug-likeness (QED) is 0.860. The summed E-state index contributed by atoms with van der Waals surface area (Å²) in [6.07, 6.45) is 3.08. The fraction of sp³-hybridized carbons (Fsp3) is 0.250. The molecule has 1 fully saturated rings. The molecule has 1 aromatic carbocycles. The van der Waals surface area contributed by atoms with E-state index in [2.05, 4.69) is 11.9 Å². The van der Waals surface area contributed by atoms with Crippen molar-refractivity contribution < 1.29 is 9.59 Å². The van der Waals surface area contributed by atoms with E-state index in [-0.39, 0.29) is 24.4 Å². The predicted molar refractivity (Wildman–Crippen MR) is 90.7 cm³/mol. The average Bonchev–Trinajstić information content (AvgIpc) is 2.84. The van der Waals surface area contributed by atoms with Crippen LogP contribution in [0, 0.1) is 0 Å². The molecule has 7 heteroatoms. The Kier molecular flexibility index (Phi) is 4.33. The number of fused-ring (bicyclic) bond motifs is 1. The third kappa shape index (κ3) is 3.21. The van der Waals surface area contributed by atoms with Gasteiger partial charge in [-0.25, -0.2) is 0 Å². The summed E-state index contributed by atoms with van der Waals surface area (Å²) in [6.45, 7) is 4.63. The number of carbonyl (C=O) groups is 2. The summed E-state index contributed by atoms with van der Waals surface area (Å²) >= 11 is 12.2. The summed E-state index contributed by atoms with van der Waals surface area (Å²) in [5.74, 6) is -0.236. The van der Waals surface area contributed by atoms with Crippen LogP contribution in [0.25, 0.3) is 10.9 Å². The number of amides is 2. The molecule has 0 unspecified atom stereocenters. The maximum Gasteiger partial charge on any atom is 0.246 e. The Labute approximate surface area is 143 Å². The molecule has 3 rings (SSSR count). The maximum atomic E-state index is 12.2. The van der Waals surface area contributed by atoms with Crippen LogP contribution in [0.4, 0.5) is 0 Å². The van der Waals surface area contributed by atoms with Crippen molar-refractivity contribution in [2.45, 2.75) is 12.6 Å². The molecule has 1 N–H and O–H groups in total. The van der Waals surface area contributed by atoms with Gasteiger partial charge in [0.2, 0.25) is 11.8 Å².